The molecule has 0 aliphatic rings. The smallest absolute Gasteiger partial charge is 0.354 e. The maximum absolute atomic E-state index is 12.7. The lowest BCUT2D eigenvalue weighted by Gasteiger charge is -2.29. The molecule has 0 amide bonds. The molecule has 0 bridgehead atoms. The summed E-state index contributed by atoms with van der Waals surface area (Å²) in [6, 6.07) is 2.00. The van der Waals surface area contributed by atoms with Crippen molar-refractivity contribution in [1.82, 2.24) is 4.98 Å². The van der Waals surface area contributed by atoms with Crippen molar-refractivity contribution in [2.24, 2.45) is 0 Å². The number of halogens is 4. The van der Waals surface area contributed by atoms with Crippen LogP contribution in [-0.2, 0) is 6.18 Å². The van der Waals surface area contributed by atoms with Gasteiger partial charge in [-0.1, -0.05) is 18.5 Å². The Balaban J connectivity index is 3.20. The average molecular weight is 281 g/mol. The Morgan fingerprint density at radius 2 is 1.94 bits per heavy atom. The summed E-state index contributed by atoms with van der Waals surface area (Å²) in [6.07, 6.45) is -3.58. The zero-order chi connectivity index (χ0) is 13.9. The molecule has 0 aliphatic carbocycles. The van der Waals surface area contributed by atoms with Crippen molar-refractivity contribution in [3.63, 3.8) is 0 Å². The van der Waals surface area contributed by atoms with Crippen LogP contribution in [0.5, 0.6) is 0 Å². The maximum atomic E-state index is 12.7. The van der Waals surface area contributed by atoms with Gasteiger partial charge in [-0.3, -0.25) is 0 Å². The Labute approximate surface area is 110 Å². The van der Waals surface area contributed by atoms with Crippen LogP contribution in [0.4, 0.5) is 19.0 Å². The second-order valence-electron chi connectivity index (χ2n) is 4.08. The number of pyridine rings is 1. The van der Waals surface area contributed by atoms with Gasteiger partial charge in [0.1, 0.15) is 11.0 Å². The zero-order valence-electron chi connectivity index (χ0n) is 10.6. The fraction of sp³-hybridized carbons (Fsp3) is 0.583. The molecule has 2 nitrogen and oxygen atoms in total. The molecule has 1 heterocycles. The number of hydrogen-bond donors (Lipinski definition) is 0. The van der Waals surface area contributed by atoms with Gasteiger partial charge in [-0.05, 0) is 32.4 Å². The van der Waals surface area contributed by atoms with Crippen molar-refractivity contribution in [3.05, 3.63) is 22.8 Å². The summed E-state index contributed by atoms with van der Waals surface area (Å²) in [5.41, 5.74) is -0.765. The Hall–Kier alpha value is -0.970. The number of hydrogen-bond acceptors (Lipinski definition) is 2. The highest BCUT2D eigenvalue weighted by Crippen LogP contribution is 2.33. The summed E-state index contributed by atoms with van der Waals surface area (Å²) in [4.78, 5) is 5.79. The van der Waals surface area contributed by atoms with Crippen LogP contribution in [-0.4, -0.2) is 17.6 Å². The Morgan fingerprint density at radius 1 is 1.33 bits per heavy atom. The minimum absolute atomic E-state index is 0.113. The van der Waals surface area contributed by atoms with Crippen LogP contribution in [0, 0.1) is 0 Å². The lowest BCUT2D eigenvalue weighted by Crippen LogP contribution is -2.33. The summed E-state index contributed by atoms with van der Waals surface area (Å²) in [5.74, 6) is 0.270. The van der Waals surface area contributed by atoms with Crippen LogP contribution in [0.25, 0.3) is 0 Å². The van der Waals surface area contributed by atoms with E-state index in [4.69, 9.17) is 11.6 Å². The maximum Gasteiger partial charge on any atom is 0.416 e. The third kappa shape index (κ3) is 3.51. The molecule has 6 heteroatoms. The predicted molar refractivity (Wildman–Crippen MR) is 67.0 cm³/mol. The third-order valence-corrected chi connectivity index (χ3v) is 3.06. The highest BCUT2D eigenvalue weighted by molar-refractivity contribution is 6.29. The van der Waals surface area contributed by atoms with Crippen LogP contribution >= 0.6 is 11.6 Å². The number of aromatic nitrogens is 1. The van der Waals surface area contributed by atoms with Crippen molar-refractivity contribution in [2.75, 3.05) is 11.4 Å². The van der Waals surface area contributed by atoms with E-state index >= 15 is 0 Å². The lowest BCUT2D eigenvalue weighted by molar-refractivity contribution is -0.137. The van der Waals surface area contributed by atoms with Crippen molar-refractivity contribution in [2.45, 2.75) is 39.4 Å². The first-order valence-corrected chi connectivity index (χ1v) is 6.18. The van der Waals surface area contributed by atoms with Crippen molar-refractivity contribution in [1.29, 1.82) is 0 Å². The second-order valence-corrected chi connectivity index (χ2v) is 4.47. The lowest BCUT2D eigenvalue weighted by atomic mass is 10.2. The van der Waals surface area contributed by atoms with Crippen LogP contribution in [0.2, 0.25) is 5.15 Å². The molecule has 1 unspecified atom stereocenters. The zero-order valence-corrected chi connectivity index (χ0v) is 11.3. The largest absolute Gasteiger partial charge is 0.416 e. The van der Waals surface area contributed by atoms with Gasteiger partial charge < -0.3 is 4.90 Å². The van der Waals surface area contributed by atoms with E-state index in [-0.39, 0.29) is 17.0 Å². The van der Waals surface area contributed by atoms with Gasteiger partial charge >= 0.3 is 6.18 Å². The normalized spacial score (nSPS) is 13.5. The molecule has 1 aromatic heterocycles. The topological polar surface area (TPSA) is 16.1 Å². The Kier molecular flexibility index (Phi) is 4.85. The van der Waals surface area contributed by atoms with Crippen LogP contribution < -0.4 is 4.90 Å². The molecule has 1 atom stereocenters. The predicted octanol–water partition coefficient (Wildman–Crippen LogP) is 4.38. The average Bonchev–Trinajstić information content (AvgIpc) is 2.27. The van der Waals surface area contributed by atoms with E-state index in [2.05, 4.69) is 4.98 Å². The Bertz CT molecular complexity index is 407. The van der Waals surface area contributed by atoms with Crippen LogP contribution in [0.1, 0.15) is 32.8 Å². The van der Waals surface area contributed by atoms with Crippen molar-refractivity contribution in [3.8, 4) is 0 Å². The molecule has 0 spiro atoms. The van der Waals surface area contributed by atoms with E-state index in [0.29, 0.717) is 6.54 Å². The molecule has 0 saturated carbocycles. The number of nitrogens with zero attached hydrogens (tertiary/aromatic N) is 2. The van der Waals surface area contributed by atoms with Gasteiger partial charge in [-0.25, -0.2) is 4.98 Å². The van der Waals surface area contributed by atoms with E-state index in [9.17, 15) is 13.2 Å². The molecule has 0 fully saturated rings. The van der Waals surface area contributed by atoms with Crippen LogP contribution in [0.3, 0.4) is 0 Å². The minimum Gasteiger partial charge on any atom is -0.354 e. The van der Waals surface area contributed by atoms with E-state index in [1.54, 1.807) is 4.90 Å². The minimum atomic E-state index is -4.41. The SMILES string of the molecule is CCC(C)N(CC)c1cc(C(F)(F)F)cc(Cl)n1. The first-order chi connectivity index (χ1) is 8.29. The fourth-order valence-corrected chi connectivity index (χ4v) is 1.92. The quantitative estimate of drug-likeness (QED) is 0.761. The second kappa shape index (κ2) is 5.78. The first-order valence-electron chi connectivity index (χ1n) is 5.81. The number of alkyl halides is 3. The van der Waals surface area contributed by atoms with Crippen LogP contribution in [0.15, 0.2) is 12.1 Å². The summed E-state index contributed by atoms with van der Waals surface area (Å²) in [6.45, 7) is 6.38. The van der Waals surface area contributed by atoms with Gasteiger partial charge in [-0.2, -0.15) is 13.2 Å². The molecule has 0 aliphatic heterocycles. The van der Waals surface area contributed by atoms with E-state index < -0.39 is 11.7 Å². The number of rotatable bonds is 4. The first kappa shape index (κ1) is 15.1. The highest BCUT2D eigenvalue weighted by atomic mass is 35.5. The molecule has 0 radical (unpaired) electrons. The van der Waals surface area contributed by atoms with Gasteiger partial charge in [0.25, 0.3) is 0 Å². The van der Waals surface area contributed by atoms with Gasteiger partial charge in [0.15, 0.2) is 0 Å². The molecule has 1 rings (SSSR count). The molecule has 1 aromatic rings. The molecular weight excluding hydrogens is 265 g/mol. The van der Waals surface area contributed by atoms with Gasteiger partial charge in [0, 0.05) is 12.6 Å². The standard InChI is InChI=1S/C12H16ClF3N2/c1-4-8(3)18(5-2)11-7-9(12(14,15)16)6-10(13)17-11/h6-8H,4-5H2,1-3H3. The molecule has 18 heavy (non-hydrogen) atoms. The number of anilines is 1. The molecule has 102 valence electrons. The van der Waals surface area contributed by atoms with E-state index in [1.807, 2.05) is 20.8 Å². The molecular formula is C12H16ClF3N2. The van der Waals surface area contributed by atoms with Crippen molar-refractivity contribution < 1.29 is 13.2 Å². The Morgan fingerprint density at radius 3 is 2.39 bits per heavy atom. The third-order valence-electron chi connectivity index (χ3n) is 2.87. The van der Waals surface area contributed by atoms with Gasteiger partial charge in [0.05, 0.1) is 5.56 Å². The summed E-state index contributed by atoms with van der Waals surface area (Å²) >= 11 is 5.67. The molecule has 0 N–H and O–H groups in total. The molecule has 0 aromatic carbocycles. The fourth-order valence-electron chi connectivity index (χ4n) is 1.71. The monoisotopic (exact) mass is 280 g/mol. The summed E-state index contributed by atoms with van der Waals surface area (Å²) in [5, 5.41) is -0.137. The summed E-state index contributed by atoms with van der Waals surface area (Å²) in [7, 11) is 0. The molecule has 0 saturated heterocycles. The summed E-state index contributed by atoms with van der Waals surface area (Å²) < 4.78 is 38.1. The van der Waals surface area contributed by atoms with E-state index in [1.165, 1.54) is 0 Å². The van der Waals surface area contributed by atoms with E-state index in [0.717, 1.165) is 18.6 Å². The highest BCUT2D eigenvalue weighted by Gasteiger charge is 2.32. The van der Waals surface area contributed by atoms with Gasteiger partial charge in [-0.15, -0.1) is 0 Å². The van der Waals surface area contributed by atoms with Gasteiger partial charge in [0.2, 0.25) is 0 Å². The van der Waals surface area contributed by atoms with Crippen molar-refractivity contribution >= 4 is 17.4 Å².